The van der Waals surface area contributed by atoms with Crippen LogP contribution in [-0.4, -0.2) is 21.8 Å². The Balaban J connectivity index is 2.23. The van der Waals surface area contributed by atoms with Crippen LogP contribution in [-0.2, 0) is 20.0 Å². The molecule has 6 nitrogen and oxygen atoms in total. The van der Waals surface area contributed by atoms with E-state index >= 15 is 0 Å². The number of anilines is 1. The second kappa shape index (κ2) is 8.41. The van der Waals surface area contributed by atoms with Crippen LogP contribution in [0.3, 0.4) is 0 Å². The highest BCUT2D eigenvalue weighted by Gasteiger charge is 2.37. The molecular weight excluding hydrogens is 420 g/mol. The van der Waals surface area contributed by atoms with Gasteiger partial charge in [-0.2, -0.15) is 16.8 Å². The molecule has 3 rings (SSSR count). The molecule has 0 saturated carbocycles. The number of hydrogen-bond donors (Lipinski definition) is 0. The maximum atomic E-state index is 13.4. The van der Waals surface area contributed by atoms with Gasteiger partial charge in [0, 0.05) is 6.20 Å². The van der Waals surface area contributed by atoms with Gasteiger partial charge in [0.05, 0.1) is 9.79 Å². The number of nitrogens with zero attached hydrogens (tertiary/aromatic N) is 2. The molecule has 0 bridgehead atoms. The molecule has 0 aliphatic heterocycles. The number of allylic oxidation sites excluding steroid dienone is 1. The van der Waals surface area contributed by atoms with Gasteiger partial charge in [0.1, 0.15) is 0 Å². The highest BCUT2D eigenvalue weighted by Crippen LogP contribution is 2.30. The molecule has 0 saturated heterocycles. The highest BCUT2D eigenvalue weighted by molar-refractivity contribution is 8.10. The molecule has 0 aliphatic carbocycles. The van der Waals surface area contributed by atoms with Crippen molar-refractivity contribution in [1.29, 1.82) is 0 Å². The van der Waals surface area contributed by atoms with E-state index < -0.39 is 20.0 Å². The first-order valence-corrected chi connectivity index (χ1v) is 12.1. The number of rotatable bonds is 6. The fraction of sp³-hybridized carbons (Fsp3) is 0.136. The second-order valence-corrected chi connectivity index (χ2v) is 10.6. The summed E-state index contributed by atoms with van der Waals surface area (Å²) in [4.78, 5) is 3.86. The van der Waals surface area contributed by atoms with Crippen molar-refractivity contribution in [2.24, 2.45) is 0 Å². The number of benzene rings is 2. The van der Waals surface area contributed by atoms with Crippen LogP contribution in [0.5, 0.6) is 0 Å². The van der Waals surface area contributed by atoms with Crippen molar-refractivity contribution in [2.45, 2.75) is 30.6 Å². The molecule has 30 heavy (non-hydrogen) atoms. The molecule has 1 heterocycles. The largest absolute Gasteiger partial charge is 0.279 e. The molecule has 0 spiro atoms. The van der Waals surface area contributed by atoms with Crippen molar-refractivity contribution < 1.29 is 16.8 Å². The van der Waals surface area contributed by atoms with Crippen LogP contribution in [0.25, 0.3) is 6.08 Å². The van der Waals surface area contributed by atoms with Crippen molar-refractivity contribution in [1.82, 2.24) is 4.98 Å². The van der Waals surface area contributed by atoms with Crippen molar-refractivity contribution in [3.63, 3.8) is 0 Å². The zero-order valence-electron chi connectivity index (χ0n) is 16.8. The highest BCUT2D eigenvalue weighted by atomic mass is 32.3. The van der Waals surface area contributed by atoms with Crippen LogP contribution in [0, 0.1) is 13.8 Å². The average molecular weight is 443 g/mol. The first kappa shape index (κ1) is 21.7. The number of sulfonamides is 2. The fourth-order valence-corrected chi connectivity index (χ4v) is 6.39. The molecule has 0 atom stereocenters. The fourth-order valence-electron chi connectivity index (χ4n) is 2.78. The minimum Gasteiger partial charge on any atom is -0.237 e. The van der Waals surface area contributed by atoms with Gasteiger partial charge in [-0.05, 0) is 62.7 Å². The normalized spacial score (nSPS) is 12.2. The first-order chi connectivity index (χ1) is 14.2. The standard InChI is InChI=1S/C22H22N2O4S2/c1-4-5-19-10-15-22(23-16-19)24(29(25,26)20-11-6-17(2)7-12-20)30(27,28)21-13-8-18(3)9-14-21/h4-16H,1-3H3/b5-4+. The molecule has 8 heteroatoms. The lowest BCUT2D eigenvalue weighted by atomic mass is 10.2. The summed E-state index contributed by atoms with van der Waals surface area (Å²) < 4.78 is 54.1. The number of pyridine rings is 1. The van der Waals surface area contributed by atoms with E-state index in [0.717, 1.165) is 16.7 Å². The number of aryl methyl sites for hydroxylation is 2. The maximum absolute atomic E-state index is 13.4. The van der Waals surface area contributed by atoms with Crippen LogP contribution < -0.4 is 3.71 Å². The average Bonchev–Trinajstić information content (AvgIpc) is 2.70. The summed E-state index contributed by atoms with van der Waals surface area (Å²) in [6.07, 6.45) is 5.02. The van der Waals surface area contributed by atoms with E-state index in [2.05, 4.69) is 4.98 Å². The molecule has 0 aliphatic rings. The van der Waals surface area contributed by atoms with Gasteiger partial charge >= 0.3 is 0 Å². The Labute approximate surface area is 177 Å². The van der Waals surface area contributed by atoms with E-state index in [1.165, 1.54) is 36.5 Å². The summed E-state index contributed by atoms with van der Waals surface area (Å²) in [5, 5.41) is 0. The van der Waals surface area contributed by atoms with Gasteiger partial charge in [-0.3, -0.25) is 0 Å². The SMILES string of the molecule is C/C=C/c1ccc(N(S(=O)(=O)c2ccc(C)cc2)S(=O)(=O)c2ccc(C)cc2)nc1. The molecule has 3 aromatic rings. The quantitative estimate of drug-likeness (QED) is 0.568. The predicted molar refractivity (Wildman–Crippen MR) is 118 cm³/mol. The Hall–Kier alpha value is -2.97. The minimum atomic E-state index is -4.45. The van der Waals surface area contributed by atoms with Crippen molar-refractivity contribution in [2.75, 3.05) is 3.71 Å². The van der Waals surface area contributed by atoms with E-state index in [0.29, 0.717) is 3.71 Å². The summed E-state index contributed by atoms with van der Waals surface area (Å²) in [7, 11) is -8.89. The lowest BCUT2D eigenvalue weighted by Gasteiger charge is -2.23. The maximum Gasteiger partial charge on any atom is 0.279 e. The van der Waals surface area contributed by atoms with Crippen LogP contribution in [0.15, 0.2) is 82.7 Å². The summed E-state index contributed by atoms with van der Waals surface area (Å²) in [6.45, 7) is 5.47. The Morgan fingerprint density at radius 3 is 1.57 bits per heavy atom. The monoisotopic (exact) mass is 442 g/mol. The molecule has 0 fully saturated rings. The van der Waals surface area contributed by atoms with Gasteiger partial charge < -0.3 is 0 Å². The molecule has 0 N–H and O–H groups in total. The zero-order chi connectivity index (χ0) is 21.9. The smallest absolute Gasteiger partial charge is 0.237 e. The third-order valence-electron chi connectivity index (χ3n) is 4.39. The van der Waals surface area contributed by atoms with E-state index in [-0.39, 0.29) is 15.6 Å². The van der Waals surface area contributed by atoms with Gasteiger partial charge in [-0.15, -0.1) is 3.71 Å². The predicted octanol–water partition coefficient (Wildman–Crippen LogP) is 4.32. The lowest BCUT2D eigenvalue weighted by Crippen LogP contribution is -2.37. The third kappa shape index (κ3) is 4.29. The Bertz CT molecular complexity index is 1190. The van der Waals surface area contributed by atoms with Crippen LogP contribution in [0.4, 0.5) is 5.82 Å². The molecule has 0 amide bonds. The third-order valence-corrected chi connectivity index (χ3v) is 8.55. The number of hydrogen-bond acceptors (Lipinski definition) is 5. The van der Waals surface area contributed by atoms with E-state index in [4.69, 9.17) is 0 Å². The van der Waals surface area contributed by atoms with Crippen LogP contribution in [0.2, 0.25) is 0 Å². The zero-order valence-corrected chi connectivity index (χ0v) is 18.5. The van der Waals surface area contributed by atoms with E-state index in [9.17, 15) is 16.8 Å². The van der Waals surface area contributed by atoms with Gasteiger partial charge in [0.2, 0.25) is 0 Å². The molecule has 0 unspecified atom stereocenters. The summed E-state index contributed by atoms with van der Waals surface area (Å²) in [5.41, 5.74) is 2.44. The van der Waals surface area contributed by atoms with Gasteiger partial charge in [0.25, 0.3) is 20.0 Å². The summed E-state index contributed by atoms with van der Waals surface area (Å²) >= 11 is 0. The van der Waals surface area contributed by atoms with Crippen LogP contribution in [0.1, 0.15) is 23.6 Å². The van der Waals surface area contributed by atoms with Gasteiger partial charge in [-0.1, -0.05) is 47.5 Å². The van der Waals surface area contributed by atoms with Gasteiger partial charge in [-0.25, -0.2) is 4.98 Å². The van der Waals surface area contributed by atoms with Crippen molar-refractivity contribution in [3.8, 4) is 0 Å². The summed E-state index contributed by atoms with van der Waals surface area (Å²) in [6, 6.07) is 15.0. The van der Waals surface area contributed by atoms with Crippen molar-refractivity contribution >= 4 is 31.9 Å². The lowest BCUT2D eigenvalue weighted by molar-refractivity contribution is 0.583. The second-order valence-electron chi connectivity index (χ2n) is 6.78. The Morgan fingerprint density at radius 2 is 1.20 bits per heavy atom. The van der Waals surface area contributed by atoms with E-state index in [1.54, 1.807) is 42.5 Å². The van der Waals surface area contributed by atoms with E-state index in [1.807, 2.05) is 20.8 Å². The first-order valence-electron chi connectivity index (χ1n) is 9.19. The van der Waals surface area contributed by atoms with Crippen LogP contribution >= 0.6 is 0 Å². The van der Waals surface area contributed by atoms with Gasteiger partial charge in [0.15, 0.2) is 5.82 Å². The topological polar surface area (TPSA) is 84.4 Å². The molecule has 1 aromatic heterocycles. The molecule has 0 radical (unpaired) electrons. The Kier molecular flexibility index (Phi) is 6.09. The molecule has 156 valence electrons. The van der Waals surface area contributed by atoms with Crippen molar-refractivity contribution in [3.05, 3.63) is 89.6 Å². The molecule has 2 aromatic carbocycles. The Morgan fingerprint density at radius 1 is 0.733 bits per heavy atom. The molecular formula is C22H22N2O4S2. The minimum absolute atomic E-state index is 0.136. The number of aromatic nitrogens is 1. The summed E-state index contributed by atoms with van der Waals surface area (Å²) in [5.74, 6) is -0.204.